The molecule has 0 aliphatic carbocycles. The Morgan fingerprint density at radius 2 is 1.73 bits per heavy atom. The molecule has 0 saturated carbocycles. The number of carbonyl (C=O) groups excluding carboxylic acids is 1. The van der Waals surface area contributed by atoms with Gasteiger partial charge in [0.25, 0.3) is 5.91 Å². The summed E-state index contributed by atoms with van der Waals surface area (Å²) in [6.45, 7) is 10.4. The molecule has 0 N–H and O–H groups in total. The number of hydrogen-bond donors (Lipinski definition) is 0. The molecule has 1 aromatic rings. The van der Waals surface area contributed by atoms with Crippen LogP contribution in [0, 0.1) is 25.2 Å². The van der Waals surface area contributed by atoms with E-state index in [0.717, 1.165) is 53.9 Å². The van der Waals surface area contributed by atoms with Crippen LogP contribution in [0.4, 0.5) is 5.69 Å². The molecule has 2 aliphatic rings. The molecule has 3 rings (SSSR count). The molecule has 1 radical (unpaired) electrons. The van der Waals surface area contributed by atoms with E-state index >= 15 is 0 Å². The minimum Gasteiger partial charge on any atom is -0.314 e. The number of nitrogens with zero attached hydrogens (tertiary/aromatic N) is 3. The van der Waals surface area contributed by atoms with Crippen molar-refractivity contribution in [1.82, 2.24) is 0 Å². The third kappa shape index (κ3) is 3.91. The van der Waals surface area contributed by atoms with E-state index in [0.29, 0.717) is 11.5 Å². The third-order valence-electron chi connectivity index (χ3n) is 6.32. The first-order valence-electron chi connectivity index (χ1n) is 9.71. The van der Waals surface area contributed by atoms with Crippen molar-refractivity contribution >= 4 is 11.6 Å². The van der Waals surface area contributed by atoms with Crippen molar-refractivity contribution in [3.8, 4) is 6.07 Å². The fraction of sp³-hybridized carbons (Fsp3) is 0.619. The number of hydrogen-bond acceptors (Lipinski definition) is 2. The number of rotatable bonds is 3. The zero-order valence-corrected chi connectivity index (χ0v) is 19.3. The maximum Gasteiger partial charge on any atom is 0.285 e. The second-order valence-corrected chi connectivity index (χ2v) is 7.76. The molecule has 1 aromatic carbocycles. The standard InChI is InChI=1S/C21H30N3O.Y/c1-4-24(11-7-5-6-8-12-24)19-9-10-23(21(19)25)20-16(2)13-18(15-22)14-17(20)3;/h13-14,19H,4-12H2,1-3H3;/q+1;. The molecule has 1 amide bonds. The second kappa shape index (κ2) is 8.96. The Labute approximate surface area is 183 Å². The third-order valence-corrected chi connectivity index (χ3v) is 6.32. The molecular formula is C21H30N3OY+. The summed E-state index contributed by atoms with van der Waals surface area (Å²) in [6.07, 6.45) is 6.04. The summed E-state index contributed by atoms with van der Waals surface area (Å²) in [4.78, 5) is 15.4. The van der Waals surface area contributed by atoms with Crippen molar-refractivity contribution < 1.29 is 42.0 Å². The topological polar surface area (TPSA) is 44.1 Å². The van der Waals surface area contributed by atoms with Gasteiger partial charge in [-0.25, -0.2) is 0 Å². The Hall–Kier alpha value is -0.756. The fourth-order valence-corrected chi connectivity index (χ4v) is 5.01. The van der Waals surface area contributed by atoms with Gasteiger partial charge >= 0.3 is 0 Å². The summed E-state index contributed by atoms with van der Waals surface area (Å²) >= 11 is 0. The van der Waals surface area contributed by atoms with Gasteiger partial charge in [-0.1, -0.05) is 0 Å². The number of likely N-dealkylation sites (tertiary alicyclic amines) is 1. The van der Waals surface area contributed by atoms with Crippen LogP contribution in [-0.4, -0.2) is 42.6 Å². The van der Waals surface area contributed by atoms with E-state index in [1.165, 1.54) is 25.7 Å². The predicted octanol–water partition coefficient (Wildman–Crippen LogP) is 3.69. The molecule has 0 aromatic heterocycles. The average molecular weight is 429 g/mol. The predicted molar refractivity (Wildman–Crippen MR) is 100 cm³/mol. The zero-order chi connectivity index (χ0) is 18.0. The van der Waals surface area contributed by atoms with Crippen LogP contribution in [0.15, 0.2) is 12.1 Å². The first kappa shape index (κ1) is 21.5. The minimum absolute atomic E-state index is 0. The smallest absolute Gasteiger partial charge is 0.285 e. The van der Waals surface area contributed by atoms with Gasteiger partial charge < -0.3 is 9.38 Å². The number of carbonyl (C=O) groups is 1. The van der Waals surface area contributed by atoms with Crippen LogP contribution in [0.25, 0.3) is 0 Å². The van der Waals surface area contributed by atoms with Crippen molar-refractivity contribution in [2.75, 3.05) is 31.1 Å². The summed E-state index contributed by atoms with van der Waals surface area (Å²) in [5.41, 5.74) is 3.76. The molecule has 2 aliphatic heterocycles. The molecule has 2 saturated heterocycles. The van der Waals surface area contributed by atoms with E-state index in [1.54, 1.807) is 0 Å². The first-order valence-corrected chi connectivity index (χ1v) is 9.71. The number of amides is 1. The molecule has 1 atom stereocenters. The van der Waals surface area contributed by atoms with Gasteiger partial charge in [0.2, 0.25) is 0 Å². The van der Waals surface area contributed by atoms with Crippen LogP contribution >= 0.6 is 0 Å². The number of benzene rings is 1. The van der Waals surface area contributed by atoms with Crippen LogP contribution < -0.4 is 4.90 Å². The first-order chi connectivity index (χ1) is 12.0. The molecule has 1 unspecified atom stereocenters. The van der Waals surface area contributed by atoms with Gasteiger partial charge in [-0.2, -0.15) is 5.26 Å². The quantitative estimate of drug-likeness (QED) is 0.688. The Morgan fingerprint density at radius 3 is 2.23 bits per heavy atom. The van der Waals surface area contributed by atoms with Crippen LogP contribution in [0.2, 0.25) is 0 Å². The van der Waals surface area contributed by atoms with E-state index in [4.69, 9.17) is 5.26 Å². The Morgan fingerprint density at radius 1 is 1.15 bits per heavy atom. The van der Waals surface area contributed by atoms with Gasteiger partial charge in [0.05, 0.1) is 31.3 Å². The molecule has 5 heteroatoms. The van der Waals surface area contributed by atoms with Crippen molar-refractivity contribution in [2.24, 2.45) is 0 Å². The van der Waals surface area contributed by atoms with Gasteiger partial charge in [-0.3, -0.25) is 4.79 Å². The molecule has 2 heterocycles. The second-order valence-electron chi connectivity index (χ2n) is 7.76. The molecule has 2 fully saturated rings. The van der Waals surface area contributed by atoms with E-state index < -0.39 is 0 Å². The van der Waals surface area contributed by atoms with Gasteiger partial charge in [-0.15, -0.1) is 0 Å². The van der Waals surface area contributed by atoms with E-state index in [9.17, 15) is 4.79 Å². The van der Waals surface area contributed by atoms with Gasteiger partial charge in [0.15, 0.2) is 6.04 Å². The molecule has 137 valence electrons. The van der Waals surface area contributed by atoms with E-state index in [1.807, 2.05) is 30.9 Å². The normalized spacial score (nSPS) is 22.5. The number of likely N-dealkylation sites (N-methyl/N-ethyl adjacent to an activating group) is 1. The number of aryl methyl sites for hydroxylation is 2. The number of anilines is 1. The minimum atomic E-state index is 0. The van der Waals surface area contributed by atoms with Crippen molar-refractivity contribution in [3.63, 3.8) is 0 Å². The summed E-state index contributed by atoms with van der Waals surface area (Å²) in [5.74, 6) is 0.291. The molecule has 0 spiro atoms. The average Bonchev–Trinajstić information content (AvgIpc) is 2.83. The summed E-state index contributed by atoms with van der Waals surface area (Å²) in [7, 11) is 0. The van der Waals surface area contributed by atoms with Crippen LogP contribution in [-0.2, 0) is 37.5 Å². The van der Waals surface area contributed by atoms with E-state index in [2.05, 4.69) is 13.0 Å². The zero-order valence-electron chi connectivity index (χ0n) is 16.4. The summed E-state index contributed by atoms with van der Waals surface area (Å²) in [6, 6.07) is 6.13. The molecular weight excluding hydrogens is 399 g/mol. The largest absolute Gasteiger partial charge is 0.314 e. The van der Waals surface area contributed by atoms with Gasteiger partial charge in [0, 0.05) is 51.4 Å². The maximum atomic E-state index is 13.4. The van der Waals surface area contributed by atoms with Crippen LogP contribution in [0.5, 0.6) is 0 Å². The Bertz CT molecular complexity index is 679. The van der Waals surface area contributed by atoms with Gasteiger partial charge in [0.1, 0.15) is 0 Å². The number of nitriles is 1. The summed E-state index contributed by atoms with van der Waals surface area (Å²) in [5, 5.41) is 9.17. The van der Waals surface area contributed by atoms with Crippen molar-refractivity contribution in [1.29, 1.82) is 5.26 Å². The molecule has 4 nitrogen and oxygen atoms in total. The monoisotopic (exact) mass is 429 g/mol. The van der Waals surface area contributed by atoms with Crippen molar-refractivity contribution in [3.05, 3.63) is 28.8 Å². The van der Waals surface area contributed by atoms with Gasteiger partial charge in [-0.05, 0) is 69.7 Å². The van der Waals surface area contributed by atoms with Crippen LogP contribution in [0.3, 0.4) is 0 Å². The Balaban J connectivity index is 0.00000243. The summed E-state index contributed by atoms with van der Waals surface area (Å²) < 4.78 is 0.976. The fourth-order valence-electron chi connectivity index (χ4n) is 5.01. The Kier molecular flexibility index (Phi) is 7.42. The van der Waals surface area contributed by atoms with Crippen molar-refractivity contribution in [2.45, 2.75) is 58.9 Å². The maximum absolute atomic E-state index is 13.4. The van der Waals surface area contributed by atoms with Crippen LogP contribution in [0.1, 0.15) is 55.7 Å². The molecule has 26 heavy (non-hydrogen) atoms. The molecule has 0 bridgehead atoms. The number of quaternary nitrogens is 1. The SMILES string of the molecule is CC[N+]1(C2CCN(c3c(C)cc(C#N)cc3C)C2=O)CCCCCC1.[Y]. The van der Waals surface area contributed by atoms with E-state index in [-0.39, 0.29) is 38.8 Å².